The molecule has 4 heteroatoms. The van der Waals surface area contributed by atoms with Crippen molar-refractivity contribution in [1.82, 2.24) is 0 Å². The number of unbranched alkanes of at least 4 members (excludes halogenated alkanes) is 2. The minimum absolute atomic E-state index is 0.0138. The molecule has 2 aromatic rings. The van der Waals surface area contributed by atoms with E-state index in [-0.39, 0.29) is 23.8 Å². The molecule has 1 amide bonds. The highest BCUT2D eigenvalue weighted by molar-refractivity contribution is 5.94. The lowest BCUT2D eigenvalue weighted by Crippen LogP contribution is -2.43. The standard InChI is InChI=1S/C23H28N2O2/c1-3-4-6-15-23(27)21-16-22(19-13-9-10-14-20(19)24-21)25(17(2)26)18-11-7-5-8-12-18/h5,7-14,21-22,24H,3-4,6,15-16H2,1-2H3. The van der Waals surface area contributed by atoms with E-state index in [4.69, 9.17) is 0 Å². The first-order valence-electron chi connectivity index (χ1n) is 9.84. The van der Waals surface area contributed by atoms with Crippen molar-refractivity contribution in [2.45, 2.75) is 58.0 Å². The molecule has 3 rings (SSSR count). The molecule has 1 aliphatic rings. The van der Waals surface area contributed by atoms with Crippen LogP contribution in [0.2, 0.25) is 0 Å². The van der Waals surface area contributed by atoms with Crippen molar-refractivity contribution in [3.63, 3.8) is 0 Å². The maximum atomic E-state index is 12.8. The normalized spacial score (nSPS) is 18.3. The summed E-state index contributed by atoms with van der Waals surface area (Å²) < 4.78 is 0. The van der Waals surface area contributed by atoms with Crippen molar-refractivity contribution in [3.05, 3.63) is 60.2 Å². The molecule has 0 aliphatic carbocycles. The summed E-state index contributed by atoms with van der Waals surface area (Å²) in [5.74, 6) is 0.222. The Morgan fingerprint density at radius 2 is 1.74 bits per heavy atom. The van der Waals surface area contributed by atoms with Crippen molar-refractivity contribution in [2.75, 3.05) is 10.2 Å². The van der Waals surface area contributed by atoms with Crippen LogP contribution in [-0.4, -0.2) is 17.7 Å². The maximum absolute atomic E-state index is 12.8. The highest BCUT2D eigenvalue weighted by Crippen LogP contribution is 2.39. The van der Waals surface area contributed by atoms with Crippen LogP contribution in [0.25, 0.3) is 0 Å². The van der Waals surface area contributed by atoms with E-state index in [2.05, 4.69) is 12.2 Å². The average molecular weight is 364 g/mol. The van der Waals surface area contributed by atoms with E-state index in [1.807, 2.05) is 59.5 Å². The molecule has 2 unspecified atom stereocenters. The summed E-state index contributed by atoms with van der Waals surface area (Å²) in [5, 5.41) is 3.41. The van der Waals surface area contributed by atoms with Gasteiger partial charge in [-0.3, -0.25) is 9.59 Å². The van der Waals surface area contributed by atoms with E-state index >= 15 is 0 Å². The van der Waals surface area contributed by atoms with Crippen LogP contribution >= 0.6 is 0 Å². The molecule has 2 aromatic carbocycles. The predicted octanol–water partition coefficient (Wildman–Crippen LogP) is 5.11. The molecule has 4 nitrogen and oxygen atoms in total. The van der Waals surface area contributed by atoms with Gasteiger partial charge in [-0.15, -0.1) is 0 Å². The summed E-state index contributed by atoms with van der Waals surface area (Å²) >= 11 is 0. The number of hydrogen-bond donors (Lipinski definition) is 1. The molecular weight excluding hydrogens is 336 g/mol. The topological polar surface area (TPSA) is 49.4 Å². The van der Waals surface area contributed by atoms with Crippen molar-refractivity contribution in [1.29, 1.82) is 0 Å². The molecule has 0 bridgehead atoms. The second kappa shape index (κ2) is 8.85. The van der Waals surface area contributed by atoms with Gasteiger partial charge in [-0.2, -0.15) is 0 Å². The first-order chi connectivity index (χ1) is 13.1. The fraction of sp³-hybridized carbons (Fsp3) is 0.391. The molecule has 0 spiro atoms. The summed E-state index contributed by atoms with van der Waals surface area (Å²) in [5.41, 5.74) is 2.88. The van der Waals surface area contributed by atoms with Crippen molar-refractivity contribution >= 4 is 23.1 Å². The Morgan fingerprint density at radius 1 is 1.04 bits per heavy atom. The molecule has 142 valence electrons. The highest BCUT2D eigenvalue weighted by atomic mass is 16.2. The van der Waals surface area contributed by atoms with Crippen LogP contribution in [0.5, 0.6) is 0 Å². The Labute approximate surface area is 161 Å². The SMILES string of the molecule is CCCCCC(=O)C1CC(N(C(C)=O)c2ccccc2)c2ccccc2N1. The summed E-state index contributed by atoms with van der Waals surface area (Å²) in [6.07, 6.45) is 4.28. The van der Waals surface area contributed by atoms with Gasteiger partial charge in [0.2, 0.25) is 5.91 Å². The van der Waals surface area contributed by atoms with Gasteiger partial charge >= 0.3 is 0 Å². The van der Waals surface area contributed by atoms with Gasteiger partial charge in [-0.1, -0.05) is 56.2 Å². The summed E-state index contributed by atoms with van der Waals surface area (Å²) in [6, 6.07) is 17.3. The Morgan fingerprint density at radius 3 is 2.44 bits per heavy atom. The largest absolute Gasteiger partial charge is 0.375 e. The smallest absolute Gasteiger partial charge is 0.224 e. The fourth-order valence-electron chi connectivity index (χ4n) is 3.87. The number of rotatable bonds is 7. The lowest BCUT2D eigenvalue weighted by molar-refractivity contribution is -0.121. The average Bonchev–Trinajstić information content (AvgIpc) is 2.68. The number of fused-ring (bicyclic) bond motifs is 1. The van der Waals surface area contributed by atoms with Gasteiger partial charge in [0.1, 0.15) is 0 Å². The number of para-hydroxylation sites is 2. The molecule has 1 N–H and O–H groups in total. The first-order valence-corrected chi connectivity index (χ1v) is 9.84. The van der Waals surface area contributed by atoms with Crippen LogP contribution in [-0.2, 0) is 9.59 Å². The minimum Gasteiger partial charge on any atom is -0.375 e. The number of Topliss-reactive ketones (excluding diaryl/α,β-unsaturated/α-hetero) is 1. The number of hydrogen-bond acceptors (Lipinski definition) is 3. The van der Waals surface area contributed by atoms with Crippen molar-refractivity contribution < 1.29 is 9.59 Å². The zero-order chi connectivity index (χ0) is 19.2. The van der Waals surface area contributed by atoms with E-state index in [1.54, 1.807) is 6.92 Å². The number of nitrogens with one attached hydrogen (secondary N) is 1. The molecule has 1 heterocycles. The molecule has 1 aliphatic heterocycles. The Bertz CT molecular complexity index is 788. The van der Waals surface area contributed by atoms with Crippen LogP contribution in [0.1, 0.15) is 57.6 Å². The lowest BCUT2D eigenvalue weighted by Gasteiger charge is -2.39. The van der Waals surface area contributed by atoms with E-state index in [1.165, 1.54) is 0 Å². The van der Waals surface area contributed by atoms with E-state index in [0.717, 1.165) is 36.2 Å². The molecule has 0 saturated heterocycles. The molecule has 27 heavy (non-hydrogen) atoms. The number of amides is 1. The monoisotopic (exact) mass is 364 g/mol. The van der Waals surface area contributed by atoms with Crippen LogP contribution in [0.3, 0.4) is 0 Å². The quantitative estimate of drug-likeness (QED) is 0.694. The molecule has 2 atom stereocenters. The van der Waals surface area contributed by atoms with Crippen LogP contribution in [0.4, 0.5) is 11.4 Å². The third-order valence-corrected chi connectivity index (χ3v) is 5.21. The van der Waals surface area contributed by atoms with Crippen molar-refractivity contribution in [2.24, 2.45) is 0 Å². The molecule has 0 radical (unpaired) electrons. The summed E-state index contributed by atoms with van der Waals surface area (Å²) in [4.78, 5) is 27.2. The van der Waals surface area contributed by atoms with Crippen LogP contribution < -0.4 is 10.2 Å². The number of anilines is 2. The zero-order valence-electron chi connectivity index (χ0n) is 16.2. The highest BCUT2D eigenvalue weighted by Gasteiger charge is 2.35. The maximum Gasteiger partial charge on any atom is 0.224 e. The summed E-state index contributed by atoms with van der Waals surface area (Å²) in [7, 11) is 0. The summed E-state index contributed by atoms with van der Waals surface area (Å²) in [6.45, 7) is 3.73. The first kappa shape index (κ1) is 19.2. The van der Waals surface area contributed by atoms with Gasteiger partial charge in [0.05, 0.1) is 12.1 Å². The number of carbonyl (C=O) groups is 2. The number of carbonyl (C=O) groups excluding carboxylic acids is 2. The zero-order valence-corrected chi connectivity index (χ0v) is 16.2. The van der Waals surface area contributed by atoms with E-state index < -0.39 is 0 Å². The minimum atomic E-state index is -0.257. The molecule has 0 aromatic heterocycles. The van der Waals surface area contributed by atoms with Gasteiger partial charge < -0.3 is 10.2 Å². The van der Waals surface area contributed by atoms with E-state index in [9.17, 15) is 9.59 Å². The molecule has 0 saturated carbocycles. The fourth-order valence-corrected chi connectivity index (χ4v) is 3.87. The van der Waals surface area contributed by atoms with Gasteiger partial charge in [0.15, 0.2) is 5.78 Å². The third kappa shape index (κ3) is 4.38. The second-order valence-corrected chi connectivity index (χ2v) is 7.18. The van der Waals surface area contributed by atoms with Crippen molar-refractivity contribution in [3.8, 4) is 0 Å². The second-order valence-electron chi connectivity index (χ2n) is 7.18. The number of ketones is 1. The molecular formula is C23H28N2O2. The van der Waals surface area contributed by atoms with Gasteiger partial charge in [0, 0.05) is 24.7 Å². The van der Waals surface area contributed by atoms with Gasteiger partial charge in [0.25, 0.3) is 0 Å². The molecule has 0 fully saturated rings. The lowest BCUT2D eigenvalue weighted by atomic mass is 9.88. The predicted molar refractivity (Wildman–Crippen MR) is 110 cm³/mol. The Hall–Kier alpha value is -2.62. The Balaban J connectivity index is 1.92. The van der Waals surface area contributed by atoms with E-state index in [0.29, 0.717) is 12.8 Å². The van der Waals surface area contributed by atoms with Crippen LogP contribution in [0, 0.1) is 0 Å². The Kier molecular flexibility index (Phi) is 6.28. The van der Waals surface area contributed by atoms with Gasteiger partial charge in [-0.25, -0.2) is 0 Å². The third-order valence-electron chi connectivity index (χ3n) is 5.21. The number of benzene rings is 2. The van der Waals surface area contributed by atoms with Gasteiger partial charge in [-0.05, 0) is 36.6 Å². The van der Waals surface area contributed by atoms with Crippen LogP contribution in [0.15, 0.2) is 54.6 Å². The number of nitrogens with zero attached hydrogens (tertiary/aromatic N) is 1.